The number of hydrogen-bond donors (Lipinski definition) is 1. The van der Waals surface area contributed by atoms with Crippen LogP contribution in [0.25, 0.3) is 11.4 Å². The molecule has 3 aromatic rings. The van der Waals surface area contributed by atoms with Gasteiger partial charge in [-0.2, -0.15) is 4.80 Å². The van der Waals surface area contributed by atoms with Crippen LogP contribution in [-0.2, 0) is 17.8 Å². The summed E-state index contributed by atoms with van der Waals surface area (Å²) in [6, 6.07) is 15.6. The number of tetrazole rings is 1. The summed E-state index contributed by atoms with van der Waals surface area (Å²) in [5, 5.41) is 15.9. The fraction of sp³-hybridized carbons (Fsp3) is 0.263. The third-order valence-corrected chi connectivity index (χ3v) is 4.89. The molecule has 1 atom stereocenters. The lowest BCUT2D eigenvalue weighted by atomic mass is 9.88. The van der Waals surface area contributed by atoms with Crippen molar-refractivity contribution < 1.29 is 4.79 Å². The molecule has 1 N–H and O–H groups in total. The van der Waals surface area contributed by atoms with Gasteiger partial charge in [0.25, 0.3) is 0 Å². The molecule has 0 unspecified atom stereocenters. The van der Waals surface area contributed by atoms with E-state index in [1.165, 1.54) is 15.9 Å². The summed E-state index contributed by atoms with van der Waals surface area (Å²) in [7, 11) is 0. The van der Waals surface area contributed by atoms with Crippen molar-refractivity contribution in [3.63, 3.8) is 0 Å². The Labute approximate surface area is 156 Å². The number of aromatic nitrogens is 4. The van der Waals surface area contributed by atoms with Crippen LogP contribution in [0.15, 0.2) is 48.5 Å². The van der Waals surface area contributed by atoms with Gasteiger partial charge in [-0.25, -0.2) is 0 Å². The van der Waals surface area contributed by atoms with Gasteiger partial charge in [0, 0.05) is 5.56 Å². The number of amides is 1. The highest BCUT2D eigenvalue weighted by atomic mass is 35.5. The van der Waals surface area contributed by atoms with E-state index in [0.29, 0.717) is 16.4 Å². The van der Waals surface area contributed by atoms with Crippen LogP contribution in [0, 0.1) is 0 Å². The van der Waals surface area contributed by atoms with Gasteiger partial charge in [-0.05, 0) is 47.7 Å². The topological polar surface area (TPSA) is 72.7 Å². The Morgan fingerprint density at radius 1 is 1.19 bits per heavy atom. The Morgan fingerprint density at radius 3 is 2.88 bits per heavy atom. The second kappa shape index (κ2) is 7.25. The highest BCUT2D eigenvalue weighted by Gasteiger charge is 2.22. The molecule has 7 heteroatoms. The van der Waals surface area contributed by atoms with Crippen molar-refractivity contribution in [3.05, 3.63) is 64.7 Å². The van der Waals surface area contributed by atoms with E-state index in [9.17, 15) is 4.79 Å². The molecule has 1 heterocycles. The van der Waals surface area contributed by atoms with Crippen molar-refractivity contribution in [2.24, 2.45) is 0 Å². The zero-order valence-corrected chi connectivity index (χ0v) is 14.9. The first-order valence-corrected chi connectivity index (χ1v) is 8.98. The molecular formula is C19H18ClN5O. The van der Waals surface area contributed by atoms with Gasteiger partial charge in [0.1, 0.15) is 6.54 Å². The number of aryl methyl sites for hydroxylation is 1. The zero-order chi connectivity index (χ0) is 17.9. The molecule has 0 bridgehead atoms. The van der Waals surface area contributed by atoms with E-state index >= 15 is 0 Å². The van der Waals surface area contributed by atoms with Crippen molar-refractivity contribution in [3.8, 4) is 11.4 Å². The molecule has 0 saturated carbocycles. The van der Waals surface area contributed by atoms with Crippen LogP contribution in [0.1, 0.15) is 30.0 Å². The molecule has 0 spiro atoms. The normalized spacial score (nSPS) is 16.1. The molecule has 0 fully saturated rings. The van der Waals surface area contributed by atoms with Gasteiger partial charge in [0.2, 0.25) is 11.7 Å². The molecule has 26 heavy (non-hydrogen) atoms. The summed E-state index contributed by atoms with van der Waals surface area (Å²) >= 11 is 6.15. The molecule has 0 saturated heterocycles. The average Bonchev–Trinajstić information content (AvgIpc) is 3.10. The minimum Gasteiger partial charge on any atom is -0.348 e. The van der Waals surface area contributed by atoms with Gasteiger partial charge in [0.05, 0.1) is 11.1 Å². The number of fused-ring (bicyclic) bond motifs is 1. The fourth-order valence-corrected chi connectivity index (χ4v) is 3.55. The Bertz CT molecular complexity index is 939. The number of benzene rings is 2. The third-order valence-electron chi connectivity index (χ3n) is 4.56. The van der Waals surface area contributed by atoms with Gasteiger partial charge < -0.3 is 5.32 Å². The molecule has 1 aromatic heterocycles. The highest BCUT2D eigenvalue weighted by Crippen LogP contribution is 2.29. The number of nitrogens with zero attached hydrogens (tertiary/aromatic N) is 4. The van der Waals surface area contributed by atoms with E-state index in [4.69, 9.17) is 11.6 Å². The van der Waals surface area contributed by atoms with Crippen LogP contribution in [0.2, 0.25) is 5.02 Å². The van der Waals surface area contributed by atoms with Crippen LogP contribution in [-0.4, -0.2) is 26.1 Å². The minimum atomic E-state index is -0.130. The number of carbonyl (C=O) groups excluding carboxylic acids is 1. The lowest BCUT2D eigenvalue weighted by Crippen LogP contribution is -2.34. The van der Waals surface area contributed by atoms with Crippen LogP contribution < -0.4 is 5.32 Å². The van der Waals surface area contributed by atoms with E-state index < -0.39 is 0 Å². The van der Waals surface area contributed by atoms with Crippen molar-refractivity contribution in [1.82, 2.24) is 25.5 Å². The largest absolute Gasteiger partial charge is 0.348 e. The SMILES string of the molecule is O=C(Cn1nnc(-c2ccccc2Cl)n1)N[C@H]1CCCc2ccccc21. The van der Waals surface area contributed by atoms with Crippen molar-refractivity contribution >= 4 is 17.5 Å². The van der Waals surface area contributed by atoms with Crippen molar-refractivity contribution in [2.75, 3.05) is 0 Å². The van der Waals surface area contributed by atoms with Gasteiger partial charge in [0.15, 0.2) is 0 Å². The maximum Gasteiger partial charge on any atom is 0.244 e. The third kappa shape index (κ3) is 3.46. The quantitative estimate of drug-likeness (QED) is 0.768. The second-order valence-electron chi connectivity index (χ2n) is 6.33. The van der Waals surface area contributed by atoms with E-state index in [1.54, 1.807) is 6.07 Å². The fourth-order valence-electron chi connectivity index (χ4n) is 3.33. The monoisotopic (exact) mass is 367 g/mol. The van der Waals surface area contributed by atoms with Crippen LogP contribution in [0.4, 0.5) is 0 Å². The molecular weight excluding hydrogens is 350 g/mol. The second-order valence-corrected chi connectivity index (χ2v) is 6.74. The predicted octanol–water partition coefficient (Wildman–Crippen LogP) is 3.19. The standard InChI is InChI=1S/C19H18ClN5O/c20-16-10-4-3-9-15(16)19-22-24-25(23-19)12-18(26)21-17-11-5-7-13-6-1-2-8-14(13)17/h1-4,6,8-10,17H,5,7,11-12H2,(H,21,26)/t17-/m0/s1. The molecule has 1 aliphatic rings. The van der Waals surface area contributed by atoms with Gasteiger partial charge >= 0.3 is 0 Å². The predicted molar refractivity (Wildman–Crippen MR) is 98.5 cm³/mol. The summed E-state index contributed by atoms with van der Waals surface area (Å²) in [5.74, 6) is 0.279. The molecule has 6 nitrogen and oxygen atoms in total. The van der Waals surface area contributed by atoms with E-state index in [-0.39, 0.29) is 18.5 Å². The van der Waals surface area contributed by atoms with Crippen molar-refractivity contribution in [2.45, 2.75) is 31.8 Å². The van der Waals surface area contributed by atoms with Crippen LogP contribution in [0.3, 0.4) is 0 Å². The lowest BCUT2D eigenvalue weighted by Gasteiger charge is -2.26. The molecule has 132 valence electrons. The molecule has 2 aromatic carbocycles. The summed E-state index contributed by atoms with van der Waals surface area (Å²) in [6.45, 7) is 0.0239. The number of hydrogen-bond acceptors (Lipinski definition) is 4. The summed E-state index contributed by atoms with van der Waals surface area (Å²) in [4.78, 5) is 13.7. The Balaban J connectivity index is 1.44. The molecule has 4 rings (SSSR count). The summed E-state index contributed by atoms with van der Waals surface area (Å²) < 4.78 is 0. The molecule has 0 aliphatic heterocycles. The number of carbonyl (C=O) groups is 1. The average molecular weight is 368 g/mol. The van der Waals surface area contributed by atoms with Gasteiger partial charge in [-0.1, -0.05) is 48.0 Å². The van der Waals surface area contributed by atoms with E-state index in [1.807, 2.05) is 30.3 Å². The smallest absolute Gasteiger partial charge is 0.244 e. The first kappa shape index (κ1) is 16.7. The Hall–Kier alpha value is -2.73. The van der Waals surface area contributed by atoms with E-state index in [0.717, 1.165) is 19.3 Å². The highest BCUT2D eigenvalue weighted by molar-refractivity contribution is 6.33. The molecule has 1 amide bonds. The van der Waals surface area contributed by atoms with Gasteiger partial charge in [-0.3, -0.25) is 4.79 Å². The van der Waals surface area contributed by atoms with E-state index in [2.05, 4.69) is 32.9 Å². The zero-order valence-electron chi connectivity index (χ0n) is 14.1. The summed E-state index contributed by atoms with van der Waals surface area (Å²) in [5.41, 5.74) is 3.21. The maximum atomic E-state index is 12.4. The van der Waals surface area contributed by atoms with Crippen LogP contribution >= 0.6 is 11.6 Å². The number of rotatable bonds is 4. The molecule has 1 aliphatic carbocycles. The first-order valence-electron chi connectivity index (χ1n) is 8.60. The Morgan fingerprint density at radius 2 is 2.00 bits per heavy atom. The summed E-state index contributed by atoms with van der Waals surface area (Å²) in [6.07, 6.45) is 3.08. The van der Waals surface area contributed by atoms with Gasteiger partial charge in [-0.15, -0.1) is 10.2 Å². The number of nitrogens with one attached hydrogen (secondary N) is 1. The Kier molecular flexibility index (Phi) is 4.67. The minimum absolute atomic E-state index is 0.0239. The van der Waals surface area contributed by atoms with Crippen molar-refractivity contribution in [1.29, 1.82) is 0 Å². The van der Waals surface area contributed by atoms with Crippen LogP contribution in [0.5, 0.6) is 0 Å². The number of halogens is 1. The maximum absolute atomic E-state index is 12.4. The molecule has 0 radical (unpaired) electrons. The first-order chi connectivity index (χ1) is 12.7. The lowest BCUT2D eigenvalue weighted by molar-refractivity contribution is -0.122.